The maximum absolute atomic E-state index is 12.9. The van der Waals surface area contributed by atoms with Crippen LogP contribution in [0.5, 0.6) is 0 Å². The molecule has 78 valence electrons. The minimum Gasteiger partial charge on any atom is -0.258 e. The smallest absolute Gasteiger partial charge is 0.258 e. The first-order chi connectivity index (χ1) is 6.52. The van der Waals surface area contributed by atoms with Gasteiger partial charge in [-0.1, -0.05) is 13.8 Å². The standard InChI is InChI=1S/C8H8FNO2.C2H6/c1-5-3-7(10(11)12)4-8(9)6(5)2;1-2/h3-4H,1-2H3;1-2H3. The van der Waals surface area contributed by atoms with Crippen LogP contribution < -0.4 is 0 Å². The molecule has 0 aliphatic rings. The molecule has 0 heterocycles. The van der Waals surface area contributed by atoms with E-state index in [0.717, 1.165) is 6.07 Å². The zero-order chi connectivity index (χ0) is 11.3. The molecule has 1 aromatic carbocycles. The van der Waals surface area contributed by atoms with Crippen LogP contribution in [0.4, 0.5) is 10.1 Å². The van der Waals surface area contributed by atoms with E-state index in [2.05, 4.69) is 0 Å². The molecule has 1 rings (SSSR count). The van der Waals surface area contributed by atoms with Crippen LogP contribution >= 0.6 is 0 Å². The van der Waals surface area contributed by atoms with Crippen molar-refractivity contribution >= 4 is 5.69 Å². The molecule has 3 nitrogen and oxygen atoms in total. The molecule has 0 saturated heterocycles. The maximum Gasteiger partial charge on any atom is 0.272 e. The Morgan fingerprint density at radius 1 is 1.29 bits per heavy atom. The Bertz CT molecular complexity index is 314. The molecular weight excluding hydrogens is 185 g/mol. The van der Waals surface area contributed by atoms with Gasteiger partial charge in [0.15, 0.2) is 0 Å². The molecule has 1 aromatic rings. The Balaban J connectivity index is 0.000000791. The zero-order valence-electron chi connectivity index (χ0n) is 8.80. The Morgan fingerprint density at radius 2 is 1.79 bits per heavy atom. The third-order valence-corrected chi connectivity index (χ3v) is 1.80. The molecule has 0 saturated carbocycles. The third-order valence-electron chi connectivity index (χ3n) is 1.80. The lowest BCUT2D eigenvalue weighted by Crippen LogP contribution is -1.93. The van der Waals surface area contributed by atoms with Crippen LogP contribution in [0, 0.1) is 29.8 Å². The SMILES string of the molecule is CC.Cc1cc([N+](=O)[O-])cc(F)c1C. The monoisotopic (exact) mass is 199 g/mol. The number of aryl methyl sites for hydroxylation is 1. The van der Waals surface area contributed by atoms with Crippen molar-refractivity contribution in [2.24, 2.45) is 0 Å². The van der Waals surface area contributed by atoms with Crippen molar-refractivity contribution in [3.8, 4) is 0 Å². The van der Waals surface area contributed by atoms with E-state index in [-0.39, 0.29) is 5.69 Å². The van der Waals surface area contributed by atoms with Crippen molar-refractivity contribution in [1.82, 2.24) is 0 Å². The van der Waals surface area contributed by atoms with Gasteiger partial charge in [0, 0.05) is 6.07 Å². The second-order valence-corrected chi connectivity index (χ2v) is 2.63. The molecule has 0 spiro atoms. The summed E-state index contributed by atoms with van der Waals surface area (Å²) in [5, 5.41) is 10.3. The average Bonchev–Trinajstić information content (AvgIpc) is 2.16. The topological polar surface area (TPSA) is 43.1 Å². The predicted molar refractivity (Wildman–Crippen MR) is 53.9 cm³/mol. The zero-order valence-corrected chi connectivity index (χ0v) is 8.80. The van der Waals surface area contributed by atoms with Crippen molar-refractivity contribution < 1.29 is 9.31 Å². The summed E-state index contributed by atoms with van der Waals surface area (Å²) in [4.78, 5) is 9.65. The van der Waals surface area contributed by atoms with E-state index in [1.807, 2.05) is 13.8 Å². The van der Waals surface area contributed by atoms with E-state index in [4.69, 9.17) is 0 Å². The highest BCUT2D eigenvalue weighted by atomic mass is 19.1. The first kappa shape index (κ1) is 12.6. The molecule has 0 fully saturated rings. The third kappa shape index (κ3) is 2.80. The van der Waals surface area contributed by atoms with Gasteiger partial charge >= 0.3 is 0 Å². The Kier molecular flexibility index (Phi) is 4.77. The lowest BCUT2D eigenvalue weighted by molar-refractivity contribution is -0.385. The second-order valence-electron chi connectivity index (χ2n) is 2.63. The minimum atomic E-state index is -0.602. The van der Waals surface area contributed by atoms with E-state index >= 15 is 0 Å². The number of nitro groups is 1. The average molecular weight is 199 g/mol. The Labute approximate surface area is 82.7 Å². The van der Waals surface area contributed by atoms with Crippen molar-refractivity contribution in [3.63, 3.8) is 0 Å². The number of nitrogens with zero attached hydrogens (tertiary/aromatic N) is 1. The summed E-state index contributed by atoms with van der Waals surface area (Å²) in [6, 6.07) is 2.29. The molecule has 0 aromatic heterocycles. The Morgan fingerprint density at radius 3 is 2.14 bits per heavy atom. The number of nitro benzene ring substituents is 1. The van der Waals surface area contributed by atoms with Crippen LogP contribution in [0.1, 0.15) is 25.0 Å². The van der Waals surface area contributed by atoms with Crippen molar-refractivity contribution in [3.05, 3.63) is 39.2 Å². The molecular formula is C10H14FNO2. The maximum atomic E-state index is 12.9. The number of hydrogen-bond acceptors (Lipinski definition) is 2. The van der Waals surface area contributed by atoms with Gasteiger partial charge in [0.05, 0.1) is 11.0 Å². The summed E-state index contributed by atoms with van der Waals surface area (Å²) in [6.07, 6.45) is 0. The van der Waals surface area contributed by atoms with Crippen LogP contribution in [0.15, 0.2) is 12.1 Å². The van der Waals surface area contributed by atoms with Crippen LogP contribution in [0.25, 0.3) is 0 Å². The van der Waals surface area contributed by atoms with Gasteiger partial charge in [-0.2, -0.15) is 0 Å². The van der Waals surface area contributed by atoms with E-state index < -0.39 is 10.7 Å². The number of halogens is 1. The lowest BCUT2D eigenvalue weighted by Gasteiger charge is -2.00. The normalized spacial score (nSPS) is 8.93. The van der Waals surface area contributed by atoms with Gasteiger partial charge in [-0.25, -0.2) is 4.39 Å². The summed E-state index contributed by atoms with van der Waals surface area (Å²) in [5.74, 6) is -0.526. The summed E-state index contributed by atoms with van der Waals surface area (Å²) in [7, 11) is 0. The van der Waals surface area contributed by atoms with Gasteiger partial charge in [0.2, 0.25) is 0 Å². The van der Waals surface area contributed by atoms with Gasteiger partial charge in [0.25, 0.3) is 5.69 Å². The highest BCUT2D eigenvalue weighted by molar-refractivity contribution is 5.39. The predicted octanol–water partition coefficient (Wildman–Crippen LogP) is 3.38. The molecule has 0 radical (unpaired) electrons. The molecule has 0 bridgehead atoms. The van der Waals surface area contributed by atoms with Gasteiger partial charge in [-0.05, 0) is 25.0 Å². The highest BCUT2D eigenvalue weighted by Crippen LogP contribution is 2.19. The minimum absolute atomic E-state index is 0.199. The number of non-ortho nitro benzene ring substituents is 1. The molecule has 0 aliphatic carbocycles. The van der Waals surface area contributed by atoms with Crippen LogP contribution in [-0.4, -0.2) is 4.92 Å². The van der Waals surface area contributed by atoms with Crippen LogP contribution in [0.3, 0.4) is 0 Å². The largest absolute Gasteiger partial charge is 0.272 e. The quantitative estimate of drug-likeness (QED) is 0.514. The molecule has 4 heteroatoms. The van der Waals surface area contributed by atoms with E-state index in [1.165, 1.54) is 6.07 Å². The number of hydrogen-bond donors (Lipinski definition) is 0. The van der Waals surface area contributed by atoms with E-state index in [0.29, 0.717) is 11.1 Å². The van der Waals surface area contributed by atoms with Gasteiger partial charge in [-0.3, -0.25) is 10.1 Å². The second kappa shape index (κ2) is 5.32. The molecule has 14 heavy (non-hydrogen) atoms. The van der Waals surface area contributed by atoms with Crippen LogP contribution in [-0.2, 0) is 0 Å². The van der Waals surface area contributed by atoms with E-state index in [1.54, 1.807) is 13.8 Å². The Hall–Kier alpha value is -1.45. The molecule has 0 atom stereocenters. The lowest BCUT2D eigenvalue weighted by atomic mass is 10.1. The van der Waals surface area contributed by atoms with Gasteiger partial charge < -0.3 is 0 Å². The summed E-state index contributed by atoms with van der Waals surface area (Å²) < 4.78 is 12.9. The number of benzene rings is 1. The summed E-state index contributed by atoms with van der Waals surface area (Å²) in [5.41, 5.74) is 0.859. The fourth-order valence-electron chi connectivity index (χ4n) is 0.904. The molecule has 0 aliphatic heterocycles. The van der Waals surface area contributed by atoms with Crippen molar-refractivity contribution in [2.45, 2.75) is 27.7 Å². The fourth-order valence-corrected chi connectivity index (χ4v) is 0.904. The first-order valence-corrected chi connectivity index (χ1v) is 4.43. The summed E-state index contributed by atoms with van der Waals surface area (Å²) >= 11 is 0. The molecule has 0 amide bonds. The first-order valence-electron chi connectivity index (χ1n) is 4.43. The summed E-state index contributed by atoms with van der Waals surface area (Å²) in [6.45, 7) is 7.24. The molecule has 0 N–H and O–H groups in total. The number of rotatable bonds is 1. The highest BCUT2D eigenvalue weighted by Gasteiger charge is 2.10. The van der Waals surface area contributed by atoms with Crippen molar-refractivity contribution in [2.75, 3.05) is 0 Å². The van der Waals surface area contributed by atoms with Gasteiger partial charge in [0.1, 0.15) is 5.82 Å². The molecule has 0 unspecified atom stereocenters. The van der Waals surface area contributed by atoms with E-state index in [9.17, 15) is 14.5 Å². The van der Waals surface area contributed by atoms with Crippen molar-refractivity contribution in [1.29, 1.82) is 0 Å². The fraction of sp³-hybridized carbons (Fsp3) is 0.400. The van der Waals surface area contributed by atoms with Gasteiger partial charge in [-0.15, -0.1) is 0 Å². The van der Waals surface area contributed by atoms with Crippen LogP contribution in [0.2, 0.25) is 0 Å².